The molecule has 0 aliphatic rings. The third kappa shape index (κ3) is 3.39. The highest BCUT2D eigenvalue weighted by molar-refractivity contribution is 5.98. The second-order valence-electron chi connectivity index (χ2n) is 5.69. The number of H-pyrrole nitrogens is 1. The Morgan fingerprint density at radius 3 is 2.58 bits per heavy atom. The molecule has 0 radical (unpaired) electrons. The lowest BCUT2D eigenvalue weighted by Crippen LogP contribution is -2.19. The predicted octanol–water partition coefficient (Wildman–Crippen LogP) is 2.28. The van der Waals surface area contributed by atoms with Gasteiger partial charge in [-0.2, -0.15) is 5.10 Å². The highest BCUT2D eigenvalue weighted by Gasteiger charge is 2.17. The van der Waals surface area contributed by atoms with Gasteiger partial charge in [0, 0.05) is 17.0 Å². The second kappa shape index (κ2) is 7.06. The summed E-state index contributed by atoms with van der Waals surface area (Å²) in [6.07, 6.45) is 4.49. The van der Waals surface area contributed by atoms with Crippen molar-refractivity contribution >= 4 is 18.1 Å². The zero-order chi connectivity index (χ0) is 18.7. The number of aromatic amines is 1. The molecule has 0 unspecified atom stereocenters. The van der Waals surface area contributed by atoms with E-state index < -0.39 is 11.9 Å². The number of benzene rings is 1. The van der Waals surface area contributed by atoms with Crippen LogP contribution < -0.4 is 5.43 Å². The molecule has 0 aliphatic heterocycles. The fourth-order valence-corrected chi connectivity index (χ4v) is 2.65. The van der Waals surface area contributed by atoms with Crippen LogP contribution in [0.5, 0.6) is 0 Å². The monoisotopic (exact) mass is 351 g/mol. The number of hydrazone groups is 1. The van der Waals surface area contributed by atoms with Gasteiger partial charge < -0.3 is 14.7 Å². The van der Waals surface area contributed by atoms with Gasteiger partial charge in [-0.3, -0.25) is 4.79 Å². The number of carboxylic acid groups (broad SMARTS) is 1. The maximum atomic E-state index is 12.3. The molecule has 2 aromatic heterocycles. The van der Waals surface area contributed by atoms with E-state index in [4.69, 9.17) is 0 Å². The van der Waals surface area contributed by atoms with Crippen molar-refractivity contribution in [1.82, 2.24) is 20.0 Å². The molecule has 1 amide bonds. The van der Waals surface area contributed by atoms with Gasteiger partial charge >= 0.3 is 5.97 Å². The van der Waals surface area contributed by atoms with Gasteiger partial charge in [0.1, 0.15) is 0 Å². The molecule has 26 heavy (non-hydrogen) atoms. The number of aromatic nitrogens is 3. The van der Waals surface area contributed by atoms with Gasteiger partial charge in [0.15, 0.2) is 0 Å². The third-order valence-electron chi connectivity index (χ3n) is 3.89. The van der Waals surface area contributed by atoms with Crippen molar-refractivity contribution in [2.45, 2.75) is 13.8 Å². The third-order valence-corrected chi connectivity index (χ3v) is 3.89. The summed E-state index contributed by atoms with van der Waals surface area (Å²) in [5.74, 6) is -1.50. The Labute approximate surface area is 149 Å². The average molecular weight is 351 g/mol. The molecule has 8 nitrogen and oxygen atoms in total. The van der Waals surface area contributed by atoms with Crippen LogP contribution in [0, 0.1) is 13.8 Å². The number of hydrogen-bond donors (Lipinski definition) is 3. The number of amides is 1. The van der Waals surface area contributed by atoms with Gasteiger partial charge in [0.2, 0.25) is 0 Å². The molecule has 8 heteroatoms. The minimum absolute atomic E-state index is 0.116. The lowest BCUT2D eigenvalue weighted by Gasteiger charge is -2.14. The minimum atomic E-state index is -1.06. The van der Waals surface area contributed by atoms with Crippen molar-refractivity contribution < 1.29 is 14.7 Å². The standard InChI is InChI=1S/C18H17N5O3/c1-11-3-4-12(2)23(11)16-7-13(5-6-15(16)18(25)26)17(24)22-21-9-14-8-19-10-20-14/h3-10H,1-2H3,(H,19,20)(H,22,24)(H,25,26)/b21-9-. The van der Waals surface area contributed by atoms with Crippen molar-refractivity contribution in [2.24, 2.45) is 5.10 Å². The minimum Gasteiger partial charge on any atom is -0.478 e. The van der Waals surface area contributed by atoms with Gasteiger partial charge in [-0.25, -0.2) is 15.2 Å². The summed E-state index contributed by atoms with van der Waals surface area (Å²) in [4.78, 5) is 30.6. The van der Waals surface area contributed by atoms with Crippen LogP contribution in [-0.2, 0) is 0 Å². The molecule has 0 fully saturated rings. The first-order chi connectivity index (χ1) is 12.5. The number of carboxylic acids is 1. The van der Waals surface area contributed by atoms with E-state index in [1.807, 2.05) is 26.0 Å². The first kappa shape index (κ1) is 17.2. The number of imidazole rings is 1. The zero-order valence-electron chi connectivity index (χ0n) is 14.2. The number of rotatable bonds is 5. The fraction of sp³-hybridized carbons (Fsp3) is 0.111. The van der Waals surface area contributed by atoms with E-state index in [2.05, 4.69) is 20.5 Å². The van der Waals surface area contributed by atoms with Crippen LogP contribution in [0.1, 0.15) is 37.8 Å². The van der Waals surface area contributed by atoms with Crippen LogP contribution in [0.2, 0.25) is 0 Å². The molecule has 3 rings (SSSR count). The predicted molar refractivity (Wildman–Crippen MR) is 95.9 cm³/mol. The van der Waals surface area contributed by atoms with Crippen LogP contribution in [0.15, 0.2) is 48.0 Å². The maximum absolute atomic E-state index is 12.3. The molecule has 1 aromatic carbocycles. The van der Waals surface area contributed by atoms with E-state index in [1.54, 1.807) is 16.8 Å². The number of aromatic carboxylic acids is 1. The van der Waals surface area contributed by atoms with Gasteiger partial charge in [-0.05, 0) is 44.2 Å². The van der Waals surface area contributed by atoms with Crippen molar-refractivity contribution in [3.8, 4) is 5.69 Å². The molecule has 0 saturated carbocycles. The topological polar surface area (TPSA) is 112 Å². The van der Waals surface area contributed by atoms with Crippen molar-refractivity contribution in [1.29, 1.82) is 0 Å². The summed E-state index contributed by atoms with van der Waals surface area (Å²) < 4.78 is 1.80. The first-order valence-electron chi connectivity index (χ1n) is 7.82. The van der Waals surface area contributed by atoms with Crippen LogP contribution in [0.4, 0.5) is 0 Å². The van der Waals surface area contributed by atoms with Gasteiger partial charge in [0.25, 0.3) is 5.91 Å². The Hall–Kier alpha value is -3.68. The molecule has 0 atom stereocenters. The van der Waals surface area contributed by atoms with Crippen molar-refractivity contribution in [3.05, 3.63) is 71.1 Å². The van der Waals surface area contributed by atoms with Gasteiger partial charge in [-0.15, -0.1) is 0 Å². The first-order valence-corrected chi connectivity index (χ1v) is 7.82. The van der Waals surface area contributed by atoms with Crippen molar-refractivity contribution in [3.63, 3.8) is 0 Å². The van der Waals surface area contributed by atoms with E-state index in [9.17, 15) is 14.7 Å². The van der Waals surface area contributed by atoms with Crippen LogP contribution in [0.25, 0.3) is 5.69 Å². The van der Waals surface area contributed by atoms with E-state index >= 15 is 0 Å². The van der Waals surface area contributed by atoms with Crippen LogP contribution >= 0.6 is 0 Å². The largest absolute Gasteiger partial charge is 0.478 e. The van der Waals surface area contributed by atoms with E-state index in [-0.39, 0.29) is 5.56 Å². The second-order valence-corrected chi connectivity index (χ2v) is 5.69. The highest BCUT2D eigenvalue weighted by atomic mass is 16.4. The Morgan fingerprint density at radius 2 is 1.96 bits per heavy atom. The number of hydrogen-bond acceptors (Lipinski definition) is 4. The molecule has 0 saturated heterocycles. The Bertz CT molecular complexity index is 967. The number of carbonyl (C=O) groups is 2. The molecular formula is C18H17N5O3. The molecule has 2 heterocycles. The number of nitrogens with zero attached hydrogens (tertiary/aromatic N) is 3. The van der Waals surface area contributed by atoms with E-state index in [0.29, 0.717) is 16.9 Å². The molecule has 132 valence electrons. The van der Waals surface area contributed by atoms with Crippen LogP contribution in [0.3, 0.4) is 0 Å². The summed E-state index contributed by atoms with van der Waals surface area (Å²) in [6.45, 7) is 3.75. The van der Waals surface area contributed by atoms with E-state index in [0.717, 1.165) is 11.4 Å². The SMILES string of the molecule is Cc1ccc(C)n1-c1cc(C(=O)N/N=C\c2cnc[nH]2)ccc1C(=O)O. The quantitative estimate of drug-likeness (QED) is 0.483. The molecule has 0 bridgehead atoms. The van der Waals surface area contributed by atoms with Crippen molar-refractivity contribution in [2.75, 3.05) is 0 Å². The Morgan fingerprint density at radius 1 is 1.23 bits per heavy atom. The lowest BCUT2D eigenvalue weighted by molar-refractivity contribution is 0.0696. The maximum Gasteiger partial charge on any atom is 0.337 e. The van der Waals surface area contributed by atoms with Gasteiger partial charge in [-0.1, -0.05) is 0 Å². The molecule has 0 aliphatic carbocycles. The summed E-state index contributed by atoms with van der Waals surface area (Å²) in [5.41, 5.74) is 5.66. The number of nitrogens with one attached hydrogen (secondary N) is 2. The molecule has 3 N–H and O–H groups in total. The highest BCUT2D eigenvalue weighted by Crippen LogP contribution is 2.22. The summed E-state index contributed by atoms with van der Waals surface area (Å²) in [5, 5.41) is 13.3. The summed E-state index contributed by atoms with van der Waals surface area (Å²) in [6, 6.07) is 8.21. The fourth-order valence-electron chi connectivity index (χ4n) is 2.65. The Balaban J connectivity index is 1.93. The smallest absolute Gasteiger partial charge is 0.337 e. The number of aryl methyl sites for hydroxylation is 2. The lowest BCUT2D eigenvalue weighted by atomic mass is 10.1. The normalized spacial score (nSPS) is 11.0. The number of carbonyl (C=O) groups excluding carboxylic acids is 1. The average Bonchev–Trinajstić information content (AvgIpc) is 3.24. The zero-order valence-corrected chi connectivity index (χ0v) is 14.2. The molecular weight excluding hydrogens is 334 g/mol. The summed E-state index contributed by atoms with van der Waals surface area (Å²) in [7, 11) is 0. The molecule has 0 spiro atoms. The van der Waals surface area contributed by atoms with Crippen LogP contribution in [-0.4, -0.2) is 37.7 Å². The Kier molecular flexibility index (Phi) is 4.66. The molecule has 3 aromatic rings. The summed E-state index contributed by atoms with van der Waals surface area (Å²) >= 11 is 0. The van der Waals surface area contributed by atoms with Gasteiger partial charge in [0.05, 0.1) is 35.7 Å². The van der Waals surface area contributed by atoms with E-state index in [1.165, 1.54) is 24.7 Å².